The van der Waals surface area contributed by atoms with Crippen molar-refractivity contribution in [3.63, 3.8) is 0 Å². The van der Waals surface area contributed by atoms with Gasteiger partial charge in [0.1, 0.15) is 12.6 Å². The molecule has 0 saturated carbocycles. The molecule has 0 aliphatic carbocycles. The van der Waals surface area contributed by atoms with Crippen LogP contribution < -0.4 is 10.6 Å². The van der Waals surface area contributed by atoms with Crippen molar-refractivity contribution in [1.29, 1.82) is 0 Å². The molecule has 0 aliphatic rings. The number of hydrogen-bond acceptors (Lipinski definition) is 6. The van der Waals surface area contributed by atoms with E-state index in [1.807, 2.05) is 66.7 Å². The zero-order valence-corrected chi connectivity index (χ0v) is 24.2. The van der Waals surface area contributed by atoms with E-state index in [4.69, 9.17) is 4.74 Å². The Hall–Kier alpha value is -4.76. The fourth-order valence-electron chi connectivity index (χ4n) is 4.48. The van der Waals surface area contributed by atoms with Gasteiger partial charge in [-0.3, -0.25) is 19.2 Å². The second-order valence-corrected chi connectivity index (χ2v) is 10.1. The number of allylic oxidation sites excluding steroid dienone is 2. The molecule has 43 heavy (non-hydrogen) atoms. The fraction of sp³-hybridized carbons (Fsp3) is 0.294. The molecular weight excluding hydrogens is 546 g/mol. The van der Waals surface area contributed by atoms with Crippen molar-refractivity contribution in [2.24, 2.45) is 5.92 Å². The van der Waals surface area contributed by atoms with Gasteiger partial charge in [0.25, 0.3) is 5.91 Å². The van der Waals surface area contributed by atoms with Crippen molar-refractivity contribution in [1.82, 2.24) is 10.2 Å². The third-order valence-electron chi connectivity index (χ3n) is 6.80. The number of nitrogens with one attached hydrogen (secondary N) is 2. The molecule has 0 heterocycles. The smallest absolute Gasteiger partial charge is 0.306 e. The normalized spacial score (nSPS) is 12.0. The zero-order valence-electron chi connectivity index (χ0n) is 24.2. The third kappa shape index (κ3) is 10.5. The van der Waals surface area contributed by atoms with Gasteiger partial charge in [0.15, 0.2) is 0 Å². The summed E-state index contributed by atoms with van der Waals surface area (Å²) in [7, 11) is 0. The minimum Gasteiger partial charge on any atom is -0.463 e. The molecule has 3 N–H and O–H groups in total. The number of aliphatic hydroxyl groups excluding tert-OH is 1. The van der Waals surface area contributed by atoms with Crippen molar-refractivity contribution in [2.75, 3.05) is 25.1 Å². The van der Waals surface area contributed by atoms with Gasteiger partial charge < -0.3 is 25.4 Å². The van der Waals surface area contributed by atoms with Gasteiger partial charge in [0.05, 0.1) is 12.5 Å². The van der Waals surface area contributed by atoms with E-state index in [-0.39, 0.29) is 51.5 Å². The molecule has 3 rings (SSSR count). The van der Waals surface area contributed by atoms with Crippen LogP contribution in [0.15, 0.2) is 98.1 Å². The summed E-state index contributed by atoms with van der Waals surface area (Å²) < 4.78 is 5.31. The highest BCUT2D eigenvalue weighted by Gasteiger charge is 2.29. The molecule has 9 nitrogen and oxygen atoms in total. The maximum absolute atomic E-state index is 13.5. The van der Waals surface area contributed by atoms with Crippen molar-refractivity contribution in [3.8, 4) is 0 Å². The first-order valence-corrected chi connectivity index (χ1v) is 14.2. The van der Waals surface area contributed by atoms with Crippen LogP contribution in [-0.2, 0) is 30.5 Å². The number of hydrogen-bond donors (Lipinski definition) is 3. The number of carbonyl (C=O) groups is 4. The van der Waals surface area contributed by atoms with Crippen LogP contribution in [0.5, 0.6) is 0 Å². The van der Waals surface area contributed by atoms with Crippen molar-refractivity contribution < 1.29 is 29.0 Å². The Morgan fingerprint density at radius 1 is 0.907 bits per heavy atom. The topological polar surface area (TPSA) is 125 Å². The number of nitrogens with zero attached hydrogens (tertiary/aromatic N) is 1. The molecule has 2 unspecified atom stereocenters. The number of esters is 1. The first-order chi connectivity index (χ1) is 20.8. The molecule has 9 heteroatoms. The predicted octanol–water partition coefficient (Wildman–Crippen LogP) is 4.38. The molecule has 0 saturated heterocycles. The van der Waals surface area contributed by atoms with E-state index in [9.17, 15) is 24.3 Å². The van der Waals surface area contributed by atoms with Crippen molar-refractivity contribution in [3.05, 3.63) is 104 Å². The summed E-state index contributed by atoms with van der Waals surface area (Å²) in [5.41, 5.74) is 1.40. The molecule has 0 spiro atoms. The summed E-state index contributed by atoms with van der Waals surface area (Å²) in [6.45, 7) is 7.07. The summed E-state index contributed by atoms with van der Waals surface area (Å²) in [5, 5.41) is 16.9. The zero-order chi connectivity index (χ0) is 31.0. The first kappa shape index (κ1) is 32.8. The number of benzene rings is 3. The largest absolute Gasteiger partial charge is 0.463 e. The van der Waals surface area contributed by atoms with Crippen LogP contribution in [0.1, 0.15) is 31.2 Å². The number of aliphatic hydroxyl groups is 1. The summed E-state index contributed by atoms with van der Waals surface area (Å²) in [5.74, 6) is -2.83. The van der Waals surface area contributed by atoms with Crippen LogP contribution in [0.3, 0.4) is 0 Å². The van der Waals surface area contributed by atoms with Crippen LogP contribution in [0, 0.1) is 5.92 Å². The average Bonchev–Trinajstić information content (AvgIpc) is 3.01. The lowest BCUT2D eigenvalue weighted by molar-refractivity contribution is -0.146. The number of ether oxygens (including phenoxy) is 1. The van der Waals surface area contributed by atoms with Gasteiger partial charge in [0.2, 0.25) is 11.8 Å². The van der Waals surface area contributed by atoms with E-state index in [0.717, 1.165) is 16.3 Å². The van der Waals surface area contributed by atoms with Gasteiger partial charge in [-0.05, 0) is 41.3 Å². The number of carbonyl (C=O) groups excluding carboxylic acids is 4. The van der Waals surface area contributed by atoms with Gasteiger partial charge in [0, 0.05) is 31.6 Å². The summed E-state index contributed by atoms with van der Waals surface area (Å²) in [6.07, 6.45) is 3.63. The molecule has 2 atom stereocenters. The van der Waals surface area contributed by atoms with Crippen LogP contribution in [0.25, 0.3) is 10.8 Å². The number of fused-ring (bicyclic) bond motifs is 1. The second kappa shape index (κ2) is 17.3. The quantitative estimate of drug-likeness (QED) is 0.160. The van der Waals surface area contributed by atoms with Crippen LogP contribution >= 0.6 is 0 Å². The maximum atomic E-state index is 13.5. The Kier molecular flexibility index (Phi) is 13.1. The first-order valence-electron chi connectivity index (χ1n) is 14.2. The Morgan fingerprint density at radius 3 is 2.33 bits per heavy atom. The lowest BCUT2D eigenvalue weighted by atomic mass is 9.98. The van der Waals surface area contributed by atoms with Gasteiger partial charge in [-0.2, -0.15) is 0 Å². The van der Waals surface area contributed by atoms with Crippen LogP contribution in [0.4, 0.5) is 5.69 Å². The van der Waals surface area contributed by atoms with Gasteiger partial charge in [-0.15, -0.1) is 13.2 Å². The number of anilines is 1. The highest BCUT2D eigenvalue weighted by Crippen LogP contribution is 2.20. The SMILES string of the molecule is C=CCCC(=O)OCC(NC(=O)C(CC=C)CC(=O)N(CCO)Cc1ccccc1)C(=O)Nc1ccc2ccccc2c1. The van der Waals surface area contributed by atoms with Gasteiger partial charge in [-0.25, -0.2) is 0 Å². The van der Waals surface area contributed by atoms with Crippen molar-refractivity contribution in [2.45, 2.75) is 38.3 Å². The fourth-order valence-corrected chi connectivity index (χ4v) is 4.48. The average molecular weight is 586 g/mol. The van der Waals surface area contributed by atoms with E-state index >= 15 is 0 Å². The van der Waals surface area contributed by atoms with Crippen LogP contribution in [0.2, 0.25) is 0 Å². The van der Waals surface area contributed by atoms with Crippen LogP contribution in [-0.4, -0.2) is 59.5 Å². The summed E-state index contributed by atoms with van der Waals surface area (Å²) in [4.78, 5) is 53.7. The highest BCUT2D eigenvalue weighted by atomic mass is 16.5. The Labute approximate surface area is 252 Å². The van der Waals surface area contributed by atoms with Gasteiger partial charge >= 0.3 is 5.97 Å². The molecule has 3 amide bonds. The Balaban J connectivity index is 1.74. The second-order valence-electron chi connectivity index (χ2n) is 10.1. The highest BCUT2D eigenvalue weighted by molar-refractivity contribution is 5.99. The molecule has 0 fully saturated rings. The minimum atomic E-state index is -1.22. The molecule has 0 radical (unpaired) electrons. The number of amides is 3. The van der Waals surface area contributed by atoms with E-state index in [0.29, 0.717) is 12.1 Å². The molecule has 226 valence electrons. The predicted molar refractivity (Wildman–Crippen MR) is 167 cm³/mol. The maximum Gasteiger partial charge on any atom is 0.306 e. The lowest BCUT2D eigenvalue weighted by Gasteiger charge is -2.25. The summed E-state index contributed by atoms with van der Waals surface area (Å²) >= 11 is 0. The molecule has 0 bridgehead atoms. The van der Waals surface area contributed by atoms with E-state index in [1.165, 1.54) is 11.0 Å². The van der Waals surface area contributed by atoms with Crippen molar-refractivity contribution >= 4 is 40.2 Å². The lowest BCUT2D eigenvalue weighted by Crippen LogP contribution is -2.49. The minimum absolute atomic E-state index is 0.0894. The van der Waals surface area contributed by atoms with E-state index in [1.54, 1.807) is 12.1 Å². The molecule has 3 aromatic rings. The molecule has 0 aliphatic heterocycles. The monoisotopic (exact) mass is 585 g/mol. The molecule has 3 aromatic carbocycles. The number of rotatable bonds is 17. The summed E-state index contributed by atoms with van der Waals surface area (Å²) in [6, 6.07) is 21.2. The molecular formula is C34H39N3O6. The van der Waals surface area contributed by atoms with Gasteiger partial charge in [-0.1, -0.05) is 72.8 Å². The Morgan fingerprint density at radius 2 is 1.63 bits per heavy atom. The van der Waals surface area contributed by atoms with E-state index in [2.05, 4.69) is 23.8 Å². The molecule has 0 aromatic heterocycles. The third-order valence-corrected chi connectivity index (χ3v) is 6.80. The van der Waals surface area contributed by atoms with E-state index < -0.39 is 29.7 Å². The Bertz CT molecular complexity index is 1410. The standard InChI is InChI=1S/C34H39N3O6/c1-3-5-16-32(40)43-24-30(34(42)35-29-18-17-26-14-9-10-15-27(26)21-29)36-33(41)28(11-4-2)22-31(39)37(19-20-38)23-25-12-7-6-8-13-25/h3-4,6-10,12-15,17-18,21,28,30,38H,1-2,5,11,16,19-20,22-24H2,(H,35,42)(H,36,41).